The zero-order chi connectivity index (χ0) is 15.4. The number of hydrogen-bond donors (Lipinski definition) is 2. The average Bonchev–Trinajstić information content (AvgIpc) is 3.24. The molecule has 110 valence electrons. The Morgan fingerprint density at radius 2 is 2.05 bits per heavy atom. The average molecular weight is 294 g/mol. The third-order valence-corrected chi connectivity index (χ3v) is 3.09. The quantitative estimate of drug-likeness (QED) is 0.573. The van der Waals surface area contributed by atoms with Crippen LogP contribution >= 0.6 is 0 Å². The van der Waals surface area contributed by atoms with Crippen LogP contribution in [0.25, 0.3) is 11.3 Å². The Hall–Kier alpha value is -3.15. The van der Waals surface area contributed by atoms with E-state index in [2.05, 4.69) is 20.7 Å². The van der Waals surface area contributed by atoms with E-state index in [0.717, 1.165) is 5.56 Å². The molecule has 0 radical (unpaired) electrons. The van der Waals surface area contributed by atoms with Crippen molar-refractivity contribution in [3.05, 3.63) is 66.2 Å². The Morgan fingerprint density at radius 1 is 1.23 bits per heavy atom. The van der Waals surface area contributed by atoms with E-state index in [1.807, 2.05) is 30.3 Å². The summed E-state index contributed by atoms with van der Waals surface area (Å²) in [6, 6.07) is 14.8. The van der Waals surface area contributed by atoms with Gasteiger partial charge in [0.05, 0.1) is 12.0 Å². The molecule has 0 spiro atoms. The van der Waals surface area contributed by atoms with Gasteiger partial charge >= 0.3 is 0 Å². The lowest BCUT2D eigenvalue weighted by Gasteiger charge is -1.98. The molecule has 0 aliphatic carbocycles. The summed E-state index contributed by atoms with van der Waals surface area (Å²) in [5, 5.41) is 10.8. The smallest absolute Gasteiger partial charge is 0.289 e. The van der Waals surface area contributed by atoms with Crippen LogP contribution in [0.3, 0.4) is 0 Å². The van der Waals surface area contributed by atoms with Crippen LogP contribution < -0.4 is 5.43 Å². The van der Waals surface area contributed by atoms with E-state index >= 15 is 0 Å². The highest BCUT2D eigenvalue weighted by atomic mass is 16.3. The summed E-state index contributed by atoms with van der Waals surface area (Å²) in [6.45, 7) is 1.75. The van der Waals surface area contributed by atoms with Crippen molar-refractivity contribution in [2.75, 3.05) is 0 Å². The summed E-state index contributed by atoms with van der Waals surface area (Å²) in [6.07, 6.45) is 1.55. The summed E-state index contributed by atoms with van der Waals surface area (Å²) < 4.78 is 5.19. The van der Waals surface area contributed by atoms with Gasteiger partial charge in [-0.1, -0.05) is 30.3 Å². The molecule has 0 saturated heterocycles. The molecule has 2 aromatic heterocycles. The van der Waals surface area contributed by atoms with Gasteiger partial charge in [0.2, 0.25) is 0 Å². The molecular weight excluding hydrogens is 280 g/mol. The van der Waals surface area contributed by atoms with Crippen LogP contribution in [0.4, 0.5) is 0 Å². The molecule has 3 aromatic rings. The first kappa shape index (κ1) is 13.8. The number of furan rings is 1. The fourth-order valence-corrected chi connectivity index (χ4v) is 1.93. The molecule has 0 saturated carbocycles. The van der Waals surface area contributed by atoms with Gasteiger partial charge in [0.15, 0.2) is 0 Å². The van der Waals surface area contributed by atoms with Gasteiger partial charge in [0, 0.05) is 5.56 Å². The van der Waals surface area contributed by atoms with Crippen molar-refractivity contribution in [2.24, 2.45) is 5.10 Å². The molecule has 6 nitrogen and oxygen atoms in total. The molecule has 1 aromatic carbocycles. The van der Waals surface area contributed by atoms with E-state index in [9.17, 15) is 4.79 Å². The molecule has 0 unspecified atom stereocenters. The number of H-pyrrole nitrogens is 1. The largest absolute Gasteiger partial charge is 0.463 e. The molecule has 0 atom stereocenters. The monoisotopic (exact) mass is 294 g/mol. The van der Waals surface area contributed by atoms with Gasteiger partial charge in [-0.25, -0.2) is 5.43 Å². The molecule has 6 heteroatoms. The summed E-state index contributed by atoms with van der Waals surface area (Å²) >= 11 is 0. The number of nitrogens with zero attached hydrogens (tertiary/aromatic N) is 2. The Labute approximate surface area is 126 Å². The highest BCUT2D eigenvalue weighted by molar-refractivity contribution is 5.98. The summed E-state index contributed by atoms with van der Waals surface area (Å²) in [7, 11) is 0. The molecule has 0 bridgehead atoms. The highest BCUT2D eigenvalue weighted by Crippen LogP contribution is 2.16. The predicted molar refractivity (Wildman–Crippen MR) is 82.4 cm³/mol. The Bertz CT molecular complexity index is 789. The third-order valence-electron chi connectivity index (χ3n) is 3.09. The molecule has 0 aliphatic rings. The molecule has 1 amide bonds. The van der Waals surface area contributed by atoms with Crippen molar-refractivity contribution < 1.29 is 9.21 Å². The van der Waals surface area contributed by atoms with Crippen LogP contribution in [-0.2, 0) is 0 Å². The van der Waals surface area contributed by atoms with Crippen molar-refractivity contribution in [2.45, 2.75) is 6.92 Å². The zero-order valence-electron chi connectivity index (χ0n) is 11.9. The first-order chi connectivity index (χ1) is 10.7. The normalized spacial score (nSPS) is 11.4. The number of hydrogen-bond acceptors (Lipinski definition) is 4. The fraction of sp³-hybridized carbons (Fsp3) is 0.0625. The van der Waals surface area contributed by atoms with Crippen LogP contribution in [0.5, 0.6) is 0 Å². The summed E-state index contributed by atoms with van der Waals surface area (Å²) in [4.78, 5) is 12.0. The highest BCUT2D eigenvalue weighted by Gasteiger charge is 2.10. The second-order valence-corrected chi connectivity index (χ2v) is 4.65. The van der Waals surface area contributed by atoms with E-state index in [1.165, 1.54) is 0 Å². The molecular formula is C16H14N4O2. The first-order valence-corrected chi connectivity index (χ1v) is 6.73. The van der Waals surface area contributed by atoms with E-state index < -0.39 is 0 Å². The maximum absolute atomic E-state index is 12.0. The Morgan fingerprint density at radius 3 is 2.77 bits per heavy atom. The predicted octanol–water partition coefficient (Wildman–Crippen LogP) is 2.82. The number of aromatic amines is 1. The minimum absolute atomic E-state index is 0.342. The van der Waals surface area contributed by atoms with Gasteiger partial charge in [-0.3, -0.25) is 9.89 Å². The number of hydrazone groups is 1. The lowest BCUT2D eigenvalue weighted by atomic mass is 10.1. The number of carbonyl (C=O) groups excluding carboxylic acids is 1. The maximum atomic E-state index is 12.0. The Kier molecular flexibility index (Phi) is 3.82. The number of benzene rings is 1. The van der Waals surface area contributed by atoms with E-state index in [4.69, 9.17) is 4.42 Å². The third kappa shape index (κ3) is 2.95. The van der Waals surface area contributed by atoms with Crippen LogP contribution in [0.2, 0.25) is 0 Å². The standard InChI is InChI=1S/C16H14N4O2/c1-11(15-8-5-9-22-15)17-20-16(21)14-10-13(18-19-14)12-6-3-2-4-7-12/h2-10H,1H3,(H,18,19)(H,20,21). The fourth-order valence-electron chi connectivity index (χ4n) is 1.93. The van der Waals surface area contributed by atoms with Crippen molar-refractivity contribution in [3.63, 3.8) is 0 Å². The van der Waals surface area contributed by atoms with Gasteiger partial charge in [-0.05, 0) is 25.1 Å². The summed E-state index contributed by atoms with van der Waals surface area (Å²) in [5.41, 5.74) is 5.04. The van der Waals surface area contributed by atoms with E-state index in [-0.39, 0.29) is 5.91 Å². The van der Waals surface area contributed by atoms with Crippen molar-refractivity contribution in [1.82, 2.24) is 15.6 Å². The van der Waals surface area contributed by atoms with Crippen molar-refractivity contribution in [1.29, 1.82) is 0 Å². The maximum Gasteiger partial charge on any atom is 0.289 e. The number of amides is 1. The molecule has 3 rings (SSSR count). The first-order valence-electron chi connectivity index (χ1n) is 6.73. The Balaban J connectivity index is 1.71. The van der Waals surface area contributed by atoms with Crippen LogP contribution in [0.1, 0.15) is 23.2 Å². The SMILES string of the molecule is CC(=NNC(=O)c1cc(-c2ccccc2)n[nH]1)c1ccco1. The lowest BCUT2D eigenvalue weighted by molar-refractivity contribution is 0.0950. The van der Waals surface area contributed by atoms with Gasteiger partial charge in [0.1, 0.15) is 17.2 Å². The van der Waals surface area contributed by atoms with Crippen molar-refractivity contribution >= 4 is 11.6 Å². The lowest BCUT2D eigenvalue weighted by Crippen LogP contribution is -2.19. The minimum Gasteiger partial charge on any atom is -0.463 e. The number of aromatic nitrogens is 2. The molecule has 0 aliphatic heterocycles. The number of rotatable bonds is 4. The molecule has 2 heterocycles. The van der Waals surface area contributed by atoms with Gasteiger partial charge in [0.25, 0.3) is 5.91 Å². The molecule has 22 heavy (non-hydrogen) atoms. The second kappa shape index (κ2) is 6.09. The van der Waals surface area contributed by atoms with Crippen molar-refractivity contribution in [3.8, 4) is 11.3 Å². The van der Waals surface area contributed by atoms with Gasteiger partial charge in [-0.2, -0.15) is 10.2 Å². The van der Waals surface area contributed by atoms with E-state index in [1.54, 1.807) is 31.4 Å². The zero-order valence-corrected chi connectivity index (χ0v) is 11.9. The number of nitrogens with one attached hydrogen (secondary N) is 2. The minimum atomic E-state index is -0.361. The van der Waals surface area contributed by atoms with E-state index in [0.29, 0.717) is 22.9 Å². The van der Waals surface area contributed by atoms with Crippen LogP contribution in [-0.4, -0.2) is 21.8 Å². The summed E-state index contributed by atoms with van der Waals surface area (Å²) in [5.74, 6) is 0.246. The van der Waals surface area contributed by atoms with Crippen LogP contribution in [0.15, 0.2) is 64.3 Å². The topological polar surface area (TPSA) is 83.3 Å². The van der Waals surface area contributed by atoms with Crippen LogP contribution in [0, 0.1) is 0 Å². The molecule has 0 fully saturated rings. The molecule has 2 N–H and O–H groups in total. The van der Waals surface area contributed by atoms with Gasteiger partial charge < -0.3 is 4.42 Å². The van der Waals surface area contributed by atoms with Gasteiger partial charge in [-0.15, -0.1) is 0 Å². The number of carbonyl (C=O) groups is 1. The second-order valence-electron chi connectivity index (χ2n) is 4.65.